The van der Waals surface area contributed by atoms with Gasteiger partial charge in [0.05, 0.1) is 4.91 Å². The lowest BCUT2D eigenvalue weighted by molar-refractivity contribution is -0.135. The molecule has 1 saturated heterocycles. The van der Waals surface area contributed by atoms with Gasteiger partial charge in [-0.3, -0.25) is 9.59 Å². The van der Waals surface area contributed by atoms with E-state index >= 15 is 0 Å². The average Bonchev–Trinajstić information content (AvgIpc) is 2.57. The number of hydrogen-bond acceptors (Lipinski definition) is 4. The lowest BCUT2D eigenvalue weighted by Crippen LogP contribution is -2.32. The molecule has 0 radical (unpaired) electrons. The summed E-state index contributed by atoms with van der Waals surface area (Å²) in [7, 11) is 0. The van der Waals surface area contributed by atoms with Crippen molar-refractivity contribution in [1.29, 1.82) is 0 Å². The van der Waals surface area contributed by atoms with E-state index < -0.39 is 0 Å². The van der Waals surface area contributed by atoms with Gasteiger partial charge in [0.15, 0.2) is 4.32 Å². The number of rotatable bonds is 1. The van der Waals surface area contributed by atoms with Crippen molar-refractivity contribution in [3.63, 3.8) is 0 Å². The van der Waals surface area contributed by atoms with Crippen LogP contribution >= 0.6 is 35.6 Å². The SMILES string of the molecule is CC(=O)N1C(=O)/C(=C\c2ccc(Cl)cc2)SC1=S. The maximum absolute atomic E-state index is 11.9. The minimum Gasteiger partial charge on any atom is -0.274 e. The lowest BCUT2D eigenvalue weighted by atomic mass is 10.2. The maximum atomic E-state index is 11.9. The molecule has 92 valence electrons. The number of carbonyl (C=O) groups is 2. The fourth-order valence-corrected chi connectivity index (χ4v) is 2.92. The van der Waals surface area contributed by atoms with E-state index in [1.165, 1.54) is 6.92 Å². The molecule has 1 fully saturated rings. The van der Waals surface area contributed by atoms with E-state index in [9.17, 15) is 9.59 Å². The third-order valence-electron chi connectivity index (χ3n) is 2.28. The summed E-state index contributed by atoms with van der Waals surface area (Å²) < 4.78 is 0.271. The molecule has 2 rings (SSSR count). The predicted molar refractivity (Wildman–Crippen MR) is 77.1 cm³/mol. The van der Waals surface area contributed by atoms with Crippen LogP contribution in [0.1, 0.15) is 12.5 Å². The third kappa shape index (κ3) is 2.63. The van der Waals surface area contributed by atoms with Crippen molar-refractivity contribution in [2.45, 2.75) is 6.92 Å². The number of amides is 2. The van der Waals surface area contributed by atoms with Gasteiger partial charge in [-0.1, -0.05) is 47.7 Å². The Labute approximate surface area is 119 Å². The highest BCUT2D eigenvalue weighted by Gasteiger charge is 2.34. The molecule has 0 saturated carbocycles. The van der Waals surface area contributed by atoms with Crippen molar-refractivity contribution < 1.29 is 9.59 Å². The summed E-state index contributed by atoms with van der Waals surface area (Å²) in [6.45, 7) is 1.32. The highest BCUT2D eigenvalue weighted by Crippen LogP contribution is 2.32. The van der Waals surface area contributed by atoms with Gasteiger partial charge in [0.25, 0.3) is 5.91 Å². The molecular weight excluding hydrogens is 290 g/mol. The number of thioether (sulfide) groups is 1. The second-order valence-electron chi connectivity index (χ2n) is 3.59. The average molecular weight is 298 g/mol. The van der Waals surface area contributed by atoms with Gasteiger partial charge in [-0.05, 0) is 23.8 Å². The molecule has 18 heavy (non-hydrogen) atoms. The smallest absolute Gasteiger partial charge is 0.273 e. The molecule has 1 aromatic carbocycles. The Balaban J connectivity index is 2.30. The first-order valence-corrected chi connectivity index (χ1v) is 6.63. The first-order chi connectivity index (χ1) is 8.49. The van der Waals surface area contributed by atoms with E-state index in [2.05, 4.69) is 0 Å². The molecule has 1 aliphatic heterocycles. The van der Waals surface area contributed by atoms with Crippen LogP contribution < -0.4 is 0 Å². The van der Waals surface area contributed by atoms with Gasteiger partial charge in [0, 0.05) is 11.9 Å². The maximum Gasteiger partial charge on any atom is 0.273 e. The highest BCUT2D eigenvalue weighted by atomic mass is 35.5. The quantitative estimate of drug-likeness (QED) is 0.590. The number of imide groups is 1. The standard InChI is InChI=1S/C12H8ClNO2S2/c1-7(15)14-11(16)10(18-12(14)17)6-8-2-4-9(13)5-3-8/h2-6H,1H3/b10-6+. The normalized spacial score (nSPS) is 17.7. The van der Waals surface area contributed by atoms with Gasteiger partial charge in [-0.15, -0.1) is 0 Å². The van der Waals surface area contributed by atoms with Gasteiger partial charge < -0.3 is 0 Å². The van der Waals surface area contributed by atoms with Crippen molar-refractivity contribution in [3.8, 4) is 0 Å². The number of carbonyl (C=O) groups excluding carboxylic acids is 2. The monoisotopic (exact) mass is 297 g/mol. The summed E-state index contributed by atoms with van der Waals surface area (Å²) in [4.78, 5) is 24.6. The molecule has 0 aromatic heterocycles. The lowest BCUT2D eigenvalue weighted by Gasteiger charge is -2.07. The van der Waals surface area contributed by atoms with Crippen molar-refractivity contribution in [2.24, 2.45) is 0 Å². The Kier molecular flexibility index (Phi) is 3.85. The van der Waals surface area contributed by atoms with Crippen LogP contribution in [0.25, 0.3) is 6.08 Å². The van der Waals surface area contributed by atoms with E-state index in [4.69, 9.17) is 23.8 Å². The van der Waals surface area contributed by atoms with Gasteiger partial charge >= 0.3 is 0 Å². The minimum absolute atomic E-state index is 0.271. The zero-order valence-corrected chi connectivity index (χ0v) is 11.7. The first kappa shape index (κ1) is 13.3. The summed E-state index contributed by atoms with van der Waals surface area (Å²) in [6, 6.07) is 7.06. The van der Waals surface area contributed by atoms with E-state index in [0.29, 0.717) is 9.93 Å². The van der Waals surface area contributed by atoms with Crippen LogP contribution in [0.4, 0.5) is 0 Å². The van der Waals surface area contributed by atoms with Crippen molar-refractivity contribution in [2.75, 3.05) is 0 Å². The molecule has 2 amide bonds. The van der Waals surface area contributed by atoms with Crippen LogP contribution in [0.2, 0.25) is 5.02 Å². The molecular formula is C12H8ClNO2S2. The van der Waals surface area contributed by atoms with E-state index in [0.717, 1.165) is 22.2 Å². The van der Waals surface area contributed by atoms with Gasteiger partial charge in [-0.25, -0.2) is 4.90 Å². The zero-order valence-electron chi connectivity index (χ0n) is 9.34. The minimum atomic E-state index is -0.368. The van der Waals surface area contributed by atoms with Crippen LogP contribution in [0, 0.1) is 0 Å². The molecule has 0 unspecified atom stereocenters. The van der Waals surface area contributed by atoms with Crippen LogP contribution in [-0.2, 0) is 9.59 Å². The molecule has 3 nitrogen and oxygen atoms in total. The largest absolute Gasteiger partial charge is 0.274 e. The molecule has 0 spiro atoms. The van der Waals surface area contributed by atoms with Gasteiger partial charge in [0.2, 0.25) is 5.91 Å². The molecule has 1 heterocycles. The van der Waals surface area contributed by atoms with Gasteiger partial charge in [0.1, 0.15) is 0 Å². The summed E-state index contributed by atoms with van der Waals surface area (Å²) in [5, 5.41) is 0.628. The fraction of sp³-hybridized carbons (Fsp3) is 0.0833. The second kappa shape index (κ2) is 5.22. The molecule has 0 aliphatic carbocycles. The van der Waals surface area contributed by atoms with Crippen molar-refractivity contribution in [3.05, 3.63) is 39.8 Å². The molecule has 6 heteroatoms. The number of nitrogens with zero attached hydrogens (tertiary/aromatic N) is 1. The summed E-state index contributed by atoms with van der Waals surface area (Å²) >= 11 is 11.9. The summed E-state index contributed by atoms with van der Waals surface area (Å²) in [5.74, 6) is -0.732. The summed E-state index contributed by atoms with van der Waals surface area (Å²) in [5.41, 5.74) is 0.837. The first-order valence-electron chi connectivity index (χ1n) is 5.03. The van der Waals surface area contributed by atoms with Crippen LogP contribution in [-0.4, -0.2) is 21.0 Å². The number of halogens is 1. The molecule has 0 N–H and O–H groups in total. The fourth-order valence-electron chi connectivity index (χ4n) is 1.45. The Bertz CT molecular complexity index is 566. The Hall–Kier alpha value is -1.17. The highest BCUT2D eigenvalue weighted by molar-refractivity contribution is 8.26. The van der Waals surface area contributed by atoms with Crippen LogP contribution in [0.3, 0.4) is 0 Å². The third-order valence-corrected chi connectivity index (χ3v) is 3.83. The van der Waals surface area contributed by atoms with Crippen molar-refractivity contribution >= 4 is 57.8 Å². The van der Waals surface area contributed by atoms with Crippen LogP contribution in [0.5, 0.6) is 0 Å². The molecule has 1 aliphatic rings. The number of thiocarbonyl (C=S) groups is 1. The van der Waals surface area contributed by atoms with Gasteiger partial charge in [-0.2, -0.15) is 0 Å². The predicted octanol–water partition coefficient (Wildman–Crippen LogP) is 3.09. The van der Waals surface area contributed by atoms with Crippen molar-refractivity contribution in [1.82, 2.24) is 4.90 Å². The second-order valence-corrected chi connectivity index (χ2v) is 5.70. The number of benzene rings is 1. The molecule has 1 aromatic rings. The number of hydrogen-bond donors (Lipinski definition) is 0. The zero-order chi connectivity index (χ0) is 13.3. The molecule has 0 bridgehead atoms. The van der Waals surface area contributed by atoms with E-state index in [-0.39, 0.29) is 16.1 Å². The van der Waals surface area contributed by atoms with Crippen LogP contribution in [0.15, 0.2) is 29.2 Å². The Morgan fingerprint density at radius 1 is 1.39 bits per heavy atom. The summed E-state index contributed by atoms with van der Waals surface area (Å²) in [6.07, 6.45) is 1.69. The van der Waals surface area contributed by atoms with E-state index in [1.54, 1.807) is 30.3 Å². The molecule has 0 atom stereocenters. The Morgan fingerprint density at radius 3 is 2.50 bits per heavy atom. The Morgan fingerprint density at radius 2 is 2.00 bits per heavy atom. The topological polar surface area (TPSA) is 37.4 Å². The van der Waals surface area contributed by atoms with E-state index in [1.807, 2.05) is 0 Å².